The van der Waals surface area contributed by atoms with Gasteiger partial charge in [-0.3, -0.25) is 9.80 Å². The van der Waals surface area contributed by atoms with Gasteiger partial charge in [-0.2, -0.15) is 0 Å². The van der Waals surface area contributed by atoms with Crippen LogP contribution in [0, 0.1) is 12.8 Å². The van der Waals surface area contributed by atoms with Gasteiger partial charge >= 0.3 is 0 Å². The number of ether oxygens (including phenoxy) is 1. The number of furan rings is 1. The van der Waals surface area contributed by atoms with Gasteiger partial charge in [0, 0.05) is 38.8 Å². The van der Waals surface area contributed by atoms with Crippen LogP contribution in [-0.4, -0.2) is 54.7 Å². The zero-order chi connectivity index (χ0) is 14.2. The average Bonchev–Trinajstić information content (AvgIpc) is 3.08. The van der Waals surface area contributed by atoms with Crippen molar-refractivity contribution in [2.75, 3.05) is 32.8 Å². The molecule has 2 aliphatic heterocycles. The van der Waals surface area contributed by atoms with Crippen LogP contribution in [0.25, 0.3) is 0 Å². The van der Waals surface area contributed by atoms with Crippen LogP contribution in [0.3, 0.4) is 0 Å². The molecule has 4 nitrogen and oxygen atoms in total. The summed E-state index contributed by atoms with van der Waals surface area (Å²) in [6.45, 7) is 8.58. The topological polar surface area (TPSA) is 28.9 Å². The summed E-state index contributed by atoms with van der Waals surface area (Å²) in [4.78, 5) is 5.16. The Kier molecular flexibility index (Phi) is 3.78. The minimum atomic E-state index is 0.474. The molecule has 1 aliphatic carbocycles. The van der Waals surface area contributed by atoms with E-state index in [0.29, 0.717) is 12.1 Å². The average molecular weight is 290 g/mol. The summed E-state index contributed by atoms with van der Waals surface area (Å²) >= 11 is 0. The standard InChI is InChI=1S/C17H26N2O2/c1-13-2-5-16(21-13)10-18-6-7-19-11-17(8-15(19)9-18)20-12-14-3-4-14/h2,5,14-15,17H,3-4,6-12H2,1H3. The Morgan fingerprint density at radius 1 is 1.24 bits per heavy atom. The monoisotopic (exact) mass is 290 g/mol. The first-order valence-electron chi connectivity index (χ1n) is 8.39. The van der Waals surface area contributed by atoms with Crippen LogP contribution in [0.15, 0.2) is 16.5 Å². The van der Waals surface area contributed by atoms with Gasteiger partial charge in [-0.05, 0) is 44.2 Å². The Hall–Kier alpha value is -0.840. The van der Waals surface area contributed by atoms with Crippen LogP contribution >= 0.6 is 0 Å². The first-order valence-corrected chi connectivity index (χ1v) is 8.39. The SMILES string of the molecule is Cc1ccc(CN2CCN3CC(OCC4CC4)CC3C2)o1. The maximum Gasteiger partial charge on any atom is 0.118 e. The molecule has 2 atom stereocenters. The molecule has 1 aromatic rings. The van der Waals surface area contributed by atoms with Crippen molar-refractivity contribution in [3.05, 3.63) is 23.7 Å². The van der Waals surface area contributed by atoms with Gasteiger partial charge in [-0.25, -0.2) is 0 Å². The van der Waals surface area contributed by atoms with Crippen molar-refractivity contribution in [2.45, 2.75) is 44.9 Å². The number of nitrogens with zero attached hydrogens (tertiary/aromatic N) is 2. The quantitative estimate of drug-likeness (QED) is 0.832. The van der Waals surface area contributed by atoms with Crippen LogP contribution in [0.1, 0.15) is 30.8 Å². The predicted molar refractivity (Wildman–Crippen MR) is 81.2 cm³/mol. The van der Waals surface area contributed by atoms with Gasteiger partial charge in [0.15, 0.2) is 0 Å². The van der Waals surface area contributed by atoms with Crippen LogP contribution in [0.4, 0.5) is 0 Å². The lowest BCUT2D eigenvalue weighted by molar-refractivity contribution is 0.0506. The van der Waals surface area contributed by atoms with E-state index in [0.717, 1.165) is 50.2 Å². The third-order valence-corrected chi connectivity index (χ3v) is 5.10. The maximum absolute atomic E-state index is 6.10. The first-order chi connectivity index (χ1) is 10.3. The molecule has 0 aromatic carbocycles. The third kappa shape index (κ3) is 3.33. The minimum absolute atomic E-state index is 0.474. The molecule has 116 valence electrons. The zero-order valence-corrected chi connectivity index (χ0v) is 13.0. The zero-order valence-electron chi connectivity index (χ0n) is 13.0. The third-order valence-electron chi connectivity index (χ3n) is 5.10. The van der Waals surface area contributed by atoms with Gasteiger partial charge in [-0.15, -0.1) is 0 Å². The lowest BCUT2D eigenvalue weighted by Gasteiger charge is -2.36. The van der Waals surface area contributed by atoms with Crippen molar-refractivity contribution >= 4 is 0 Å². The lowest BCUT2D eigenvalue weighted by Crippen LogP contribution is -2.49. The van der Waals surface area contributed by atoms with E-state index in [-0.39, 0.29) is 0 Å². The fourth-order valence-corrected chi connectivity index (χ4v) is 3.67. The van der Waals surface area contributed by atoms with Gasteiger partial charge in [0.2, 0.25) is 0 Å². The molecular formula is C17H26N2O2. The summed E-state index contributed by atoms with van der Waals surface area (Å²) in [5.74, 6) is 2.99. The second-order valence-corrected chi connectivity index (χ2v) is 7.03. The first kappa shape index (κ1) is 13.8. The van der Waals surface area contributed by atoms with Gasteiger partial charge in [-0.1, -0.05) is 0 Å². The highest BCUT2D eigenvalue weighted by Gasteiger charge is 2.37. The van der Waals surface area contributed by atoms with Crippen molar-refractivity contribution in [3.8, 4) is 0 Å². The molecule has 3 heterocycles. The Balaban J connectivity index is 1.28. The smallest absolute Gasteiger partial charge is 0.118 e. The fraction of sp³-hybridized carbons (Fsp3) is 0.765. The highest BCUT2D eigenvalue weighted by Crippen LogP contribution is 2.31. The molecule has 0 amide bonds. The summed E-state index contributed by atoms with van der Waals surface area (Å²) in [5, 5.41) is 0. The highest BCUT2D eigenvalue weighted by atomic mass is 16.5. The van der Waals surface area contributed by atoms with Gasteiger partial charge in [0.1, 0.15) is 11.5 Å². The van der Waals surface area contributed by atoms with Crippen molar-refractivity contribution in [3.63, 3.8) is 0 Å². The van der Waals surface area contributed by atoms with E-state index in [9.17, 15) is 0 Å². The van der Waals surface area contributed by atoms with Crippen LogP contribution < -0.4 is 0 Å². The molecule has 0 spiro atoms. The summed E-state index contributed by atoms with van der Waals surface area (Å²) in [6.07, 6.45) is 4.45. The molecule has 4 rings (SSSR count). The Morgan fingerprint density at radius 2 is 2.14 bits per heavy atom. The normalized spacial score (nSPS) is 30.7. The Morgan fingerprint density at radius 3 is 2.90 bits per heavy atom. The largest absolute Gasteiger partial charge is 0.465 e. The van der Waals surface area contributed by atoms with E-state index >= 15 is 0 Å². The summed E-state index contributed by atoms with van der Waals surface area (Å²) < 4.78 is 11.8. The minimum Gasteiger partial charge on any atom is -0.465 e. The van der Waals surface area contributed by atoms with E-state index in [2.05, 4.69) is 21.9 Å². The number of piperazine rings is 1. The number of aryl methyl sites for hydroxylation is 1. The molecular weight excluding hydrogens is 264 g/mol. The van der Waals surface area contributed by atoms with Crippen LogP contribution in [-0.2, 0) is 11.3 Å². The number of hydrogen-bond acceptors (Lipinski definition) is 4. The predicted octanol–water partition coefficient (Wildman–Crippen LogP) is 2.27. The van der Waals surface area contributed by atoms with Gasteiger partial charge in [0.25, 0.3) is 0 Å². The number of rotatable bonds is 5. The highest BCUT2D eigenvalue weighted by molar-refractivity contribution is 5.06. The van der Waals surface area contributed by atoms with E-state index < -0.39 is 0 Å². The van der Waals surface area contributed by atoms with Gasteiger partial charge in [0.05, 0.1) is 12.6 Å². The van der Waals surface area contributed by atoms with Crippen LogP contribution in [0.5, 0.6) is 0 Å². The van der Waals surface area contributed by atoms with Gasteiger partial charge < -0.3 is 9.15 Å². The van der Waals surface area contributed by atoms with Crippen LogP contribution in [0.2, 0.25) is 0 Å². The maximum atomic E-state index is 6.10. The van der Waals surface area contributed by atoms with E-state index in [1.807, 2.05) is 6.92 Å². The fourth-order valence-electron chi connectivity index (χ4n) is 3.67. The molecule has 0 radical (unpaired) electrons. The second-order valence-electron chi connectivity index (χ2n) is 7.03. The summed E-state index contributed by atoms with van der Waals surface area (Å²) in [5.41, 5.74) is 0. The molecule has 0 bridgehead atoms. The molecule has 1 aromatic heterocycles. The molecule has 2 saturated heterocycles. The van der Waals surface area contributed by atoms with Crippen molar-refractivity contribution in [1.82, 2.24) is 9.80 Å². The van der Waals surface area contributed by atoms with Crippen molar-refractivity contribution < 1.29 is 9.15 Å². The summed E-state index contributed by atoms with van der Waals surface area (Å²) in [6, 6.07) is 4.85. The molecule has 21 heavy (non-hydrogen) atoms. The summed E-state index contributed by atoms with van der Waals surface area (Å²) in [7, 11) is 0. The molecule has 4 heteroatoms. The van der Waals surface area contributed by atoms with E-state index in [1.54, 1.807) is 0 Å². The molecule has 1 saturated carbocycles. The molecule has 2 unspecified atom stereocenters. The number of fused-ring (bicyclic) bond motifs is 1. The number of hydrogen-bond donors (Lipinski definition) is 0. The Labute approximate surface area is 127 Å². The Bertz CT molecular complexity index is 483. The molecule has 3 fully saturated rings. The lowest BCUT2D eigenvalue weighted by atomic mass is 10.1. The molecule has 0 N–H and O–H groups in total. The van der Waals surface area contributed by atoms with E-state index in [4.69, 9.17) is 9.15 Å². The molecule has 3 aliphatic rings. The van der Waals surface area contributed by atoms with Crippen molar-refractivity contribution in [2.24, 2.45) is 5.92 Å². The van der Waals surface area contributed by atoms with E-state index in [1.165, 1.54) is 25.8 Å². The second kappa shape index (κ2) is 5.75. The van der Waals surface area contributed by atoms with Crippen molar-refractivity contribution in [1.29, 1.82) is 0 Å².